The van der Waals surface area contributed by atoms with E-state index in [1.54, 1.807) is 0 Å². The second kappa shape index (κ2) is 5.89. The van der Waals surface area contributed by atoms with Crippen LogP contribution in [0.1, 0.15) is 38.2 Å². The van der Waals surface area contributed by atoms with Gasteiger partial charge < -0.3 is 5.32 Å². The molecule has 1 heterocycles. The molecule has 0 bridgehead atoms. The maximum atomic E-state index is 3.75. The molecule has 2 aliphatic carbocycles. The van der Waals surface area contributed by atoms with Crippen molar-refractivity contribution in [2.45, 2.75) is 45.2 Å². The third kappa shape index (κ3) is 2.67. The Balaban J connectivity index is 1.50. The fraction of sp³-hybridized carbons (Fsp3) is 0.444. The molecule has 1 aromatic carbocycles. The van der Waals surface area contributed by atoms with Crippen LogP contribution in [0.3, 0.4) is 0 Å². The topological polar surface area (TPSA) is 43.6 Å². The Morgan fingerprint density at radius 1 is 1.14 bits per heavy atom. The quantitative estimate of drug-likeness (QED) is 0.533. The van der Waals surface area contributed by atoms with Crippen LogP contribution in [0.2, 0.25) is 0 Å². The van der Waals surface area contributed by atoms with Crippen LogP contribution in [0, 0.1) is 9.62 Å². The SMILES string of the molecule is CC1CCC(NCc2ccc3c4[nH][nH]c(I)c-4cc3c2)CC1. The van der Waals surface area contributed by atoms with Crippen LogP contribution in [-0.2, 0) is 6.54 Å². The summed E-state index contributed by atoms with van der Waals surface area (Å²) in [6, 6.07) is 9.83. The third-order valence-electron chi connectivity index (χ3n) is 5.10. The maximum Gasteiger partial charge on any atom is 0.101 e. The highest BCUT2D eigenvalue weighted by Crippen LogP contribution is 2.35. The lowest BCUT2D eigenvalue weighted by molar-refractivity contribution is 0.306. The van der Waals surface area contributed by atoms with E-state index >= 15 is 0 Å². The highest BCUT2D eigenvalue weighted by atomic mass is 127. The molecule has 4 rings (SSSR count). The molecule has 116 valence electrons. The third-order valence-corrected chi connectivity index (χ3v) is 5.95. The summed E-state index contributed by atoms with van der Waals surface area (Å²) in [6.45, 7) is 3.36. The second-order valence-electron chi connectivity index (χ2n) is 6.76. The molecule has 0 atom stereocenters. The van der Waals surface area contributed by atoms with Gasteiger partial charge in [0.05, 0.1) is 5.69 Å². The molecule has 1 saturated carbocycles. The first-order chi connectivity index (χ1) is 10.7. The van der Waals surface area contributed by atoms with E-state index in [1.165, 1.54) is 57.0 Å². The zero-order chi connectivity index (χ0) is 15.1. The van der Waals surface area contributed by atoms with E-state index in [4.69, 9.17) is 0 Å². The Labute approximate surface area is 144 Å². The van der Waals surface area contributed by atoms with Gasteiger partial charge in [-0.3, -0.25) is 10.2 Å². The Kier molecular flexibility index (Phi) is 3.90. The van der Waals surface area contributed by atoms with Crippen molar-refractivity contribution < 1.29 is 0 Å². The summed E-state index contributed by atoms with van der Waals surface area (Å²) >= 11 is 2.35. The molecule has 0 amide bonds. The smallest absolute Gasteiger partial charge is 0.101 e. The molecular formula is C18H22IN3. The maximum absolute atomic E-state index is 3.75. The van der Waals surface area contributed by atoms with Crippen molar-refractivity contribution in [2.24, 2.45) is 5.92 Å². The Morgan fingerprint density at radius 2 is 1.95 bits per heavy atom. The number of aromatic nitrogens is 2. The van der Waals surface area contributed by atoms with E-state index in [1.807, 2.05) is 0 Å². The van der Waals surface area contributed by atoms with Gasteiger partial charge in [-0.05, 0) is 77.3 Å². The molecule has 0 unspecified atom stereocenters. The number of nitrogens with one attached hydrogen (secondary N) is 3. The number of aromatic amines is 2. The molecule has 1 aliphatic heterocycles. The second-order valence-corrected chi connectivity index (χ2v) is 7.84. The van der Waals surface area contributed by atoms with Gasteiger partial charge in [-0.15, -0.1) is 0 Å². The minimum absolute atomic E-state index is 0.705. The van der Waals surface area contributed by atoms with E-state index in [9.17, 15) is 0 Å². The molecule has 3 aliphatic rings. The average molecular weight is 407 g/mol. The van der Waals surface area contributed by atoms with E-state index in [-0.39, 0.29) is 0 Å². The lowest BCUT2D eigenvalue weighted by Crippen LogP contribution is -2.32. The van der Waals surface area contributed by atoms with E-state index in [0.717, 1.165) is 12.5 Å². The van der Waals surface area contributed by atoms with Crippen molar-refractivity contribution in [1.82, 2.24) is 15.5 Å². The molecular weight excluding hydrogens is 385 g/mol. The van der Waals surface area contributed by atoms with Crippen molar-refractivity contribution in [1.29, 1.82) is 0 Å². The van der Waals surface area contributed by atoms with Gasteiger partial charge in [0.25, 0.3) is 0 Å². The zero-order valence-electron chi connectivity index (χ0n) is 12.9. The molecule has 3 N–H and O–H groups in total. The first kappa shape index (κ1) is 14.6. The predicted molar refractivity (Wildman–Crippen MR) is 100 cm³/mol. The fourth-order valence-electron chi connectivity index (χ4n) is 3.66. The molecule has 3 nitrogen and oxygen atoms in total. The summed E-state index contributed by atoms with van der Waals surface area (Å²) < 4.78 is 1.18. The zero-order valence-corrected chi connectivity index (χ0v) is 15.0. The molecule has 0 spiro atoms. The van der Waals surface area contributed by atoms with E-state index in [0.29, 0.717) is 6.04 Å². The summed E-state index contributed by atoms with van der Waals surface area (Å²) in [5.41, 5.74) is 3.90. The first-order valence-corrected chi connectivity index (χ1v) is 9.29. The molecule has 0 saturated heterocycles. The molecule has 1 aromatic rings. The summed E-state index contributed by atoms with van der Waals surface area (Å²) in [6.07, 6.45) is 5.41. The summed E-state index contributed by atoms with van der Waals surface area (Å²) in [4.78, 5) is 0. The van der Waals surface area contributed by atoms with Gasteiger partial charge in [-0.2, -0.15) is 0 Å². The Bertz CT molecular complexity index is 749. The van der Waals surface area contributed by atoms with Crippen molar-refractivity contribution in [3.8, 4) is 11.3 Å². The first-order valence-electron chi connectivity index (χ1n) is 8.21. The average Bonchev–Trinajstić information content (AvgIpc) is 3.06. The van der Waals surface area contributed by atoms with Crippen LogP contribution in [-0.4, -0.2) is 16.2 Å². The van der Waals surface area contributed by atoms with Crippen LogP contribution in [0.4, 0.5) is 0 Å². The van der Waals surface area contributed by atoms with E-state index < -0.39 is 0 Å². The molecule has 1 fully saturated rings. The van der Waals surface area contributed by atoms with Crippen LogP contribution in [0.25, 0.3) is 22.0 Å². The molecule has 0 aromatic heterocycles. The summed E-state index contributed by atoms with van der Waals surface area (Å²) in [7, 11) is 0. The predicted octanol–water partition coefficient (Wildman–Crippen LogP) is 4.87. The number of hydrogen-bond donors (Lipinski definition) is 3. The van der Waals surface area contributed by atoms with Gasteiger partial charge in [0.1, 0.15) is 3.70 Å². The number of H-pyrrole nitrogens is 2. The normalized spacial score (nSPS) is 22.6. The highest BCUT2D eigenvalue weighted by molar-refractivity contribution is 14.1. The lowest BCUT2D eigenvalue weighted by Gasteiger charge is -2.27. The number of rotatable bonds is 3. The molecule has 22 heavy (non-hydrogen) atoms. The van der Waals surface area contributed by atoms with Crippen LogP contribution in [0.5, 0.6) is 0 Å². The Hall–Kier alpha value is -1.01. The van der Waals surface area contributed by atoms with Crippen molar-refractivity contribution in [3.63, 3.8) is 0 Å². The lowest BCUT2D eigenvalue weighted by atomic mass is 9.87. The largest absolute Gasteiger partial charge is 0.310 e. The van der Waals surface area contributed by atoms with Crippen molar-refractivity contribution >= 4 is 33.4 Å². The van der Waals surface area contributed by atoms with E-state index in [2.05, 4.69) is 69.3 Å². The monoisotopic (exact) mass is 407 g/mol. The van der Waals surface area contributed by atoms with Gasteiger partial charge in [0.15, 0.2) is 0 Å². The fourth-order valence-corrected chi connectivity index (χ4v) is 4.22. The van der Waals surface area contributed by atoms with Gasteiger partial charge in [-0.1, -0.05) is 19.1 Å². The van der Waals surface area contributed by atoms with Gasteiger partial charge in [-0.25, -0.2) is 0 Å². The van der Waals surface area contributed by atoms with Crippen molar-refractivity contribution in [3.05, 3.63) is 33.5 Å². The van der Waals surface area contributed by atoms with Crippen molar-refractivity contribution in [2.75, 3.05) is 0 Å². The van der Waals surface area contributed by atoms with Crippen LogP contribution in [0.15, 0.2) is 24.3 Å². The minimum Gasteiger partial charge on any atom is -0.310 e. The summed E-state index contributed by atoms with van der Waals surface area (Å²) in [5.74, 6) is 0.918. The van der Waals surface area contributed by atoms with Crippen LogP contribution >= 0.6 is 22.6 Å². The molecule has 0 radical (unpaired) electrons. The van der Waals surface area contributed by atoms with Crippen LogP contribution < -0.4 is 5.32 Å². The van der Waals surface area contributed by atoms with Gasteiger partial charge >= 0.3 is 0 Å². The molecule has 4 heteroatoms. The standard InChI is InChI=1S/C18H22IN3/c1-11-2-5-14(6-3-11)20-10-12-4-7-15-13(8-12)9-16-17(15)21-22-18(16)19/h4,7-9,11,14,20-22H,2-3,5-6,10H2,1H3. The Morgan fingerprint density at radius 3 is 2.77 bits per heavy atom. The number of fused-ring (bicyclic) bond motifs is 3. The highest BCUT2D eigenvalue weighted by Gasteiger charge is 2.18. The number of halogens is 1. The van der Waals surface area contributed by atoms with Gasteiger partial charge in [0.2, 0.25) is 0 Å². The number of hydrogen-bond acceptors (Lipinski definition) is 1. The minimum atomic E-state index is 0.705. The number of benzene rings is 1. The van der Waals surface area contributed by atoms with Gasteiger partial charge in [0, 0.05) is 23.5 Å². The summed E-state index contributed by atoms with van der Waals surface area (Å²) in [5, 5.41) is 12.8.